The third-order valence-electron chi connectivity index (χ3n) is 13.0. The average molecular weight is 1190 g/mol. The van der Waals surface area contributed by atoms with Gasteiger partial charge in [0.2, 0.25) is 0 Å². The second kappa shape index (κ2) is 29.8. The summed E-state index contributed by atoms with van der Waals surface area (Å²) in [6.07, 6.45) is 12.4. The zero-order chi connectivity index (χ0) is 58.8. The van der Waals surface area contributed by atoms with Crippen LogP contribution in [0.2, 0.25) is 15.1 Å². The molecule has 9 nitrogen and oxygen atoms in total. The Balaban J connectivity index is 0.000000159. The van der Waals surface area contributed by atoms with Gasteiger partial charge in [0.15, 0.2) is 6.33 Å². The van der Waals surface area contributed by atoms with Gasteiger partial charge >= 0.3 is 0 Å². The number of H-pyrrole nitrogens is 1. The summed E-state index contributed by atoms with van der Waals surface area (Å²) >= 11 is 21.4. The van der Waals surface area contributed by atoms with Crippen molar-refractivity contribution >= 4 is 91.4 Å². The molecule has 420 valence electrons. The van der Waals surface area contributed by atoms with Gasteiger partial charge in [0, 0.05) is 65.6 Å². The van der Waals surface area contributed by atoms with Crippen LogP contribution in [-0.2, 0) is 25.0 Å². The number of allylic oxidation sites excluding steroid dienone is 1. The Hall–Kier alpha value is -7.03. The van der Waals surface area contributed by atoms with Gasteiger partial charge in [-0.25, -0.2) is 4.98 Å². The van der Waals surface area contributed by atoms with Crippen LogP contribution in [-0.4, -0.2) is 55.7 Å². The molecule has 1 aliphatic heterocycles. The van der Waals surface area contributed by atoms with Crippen LogP contribution in [0.4, 0.5) is 5.69 Å². The van der Waals surface area contributed by atoms with Gasteiger partial charge in [0.05, 0.1) is 32.1 Å². The molecule has 0 radical (unpaired) electrons. The standard InChI is InChI=1S/C23H27N.C21H25N.C14H10ClN3S2.C10H6Cl2N2O2/c1-23(2,3)21-14-12-18(13-15-21)16-24(4)17-20-10-7-9-19-8-5-6-11-22(19)20;1-21(2,3)15-8-5-9-16-22(4)17-19-13-10-12-18-11-6-7-14-20(18)19;1-16-13(18-7-6-17-9-18)14-19-8-12(20-14)10-4-2-3-5-11(10)15;11-8-3-1-2-6(10(8)14(15)16)7-4-13-5-9(7)12/h5-15H,16-17H2,1-4H3;5-7,9-14H,16-17H2,1-4H3;2-7,9,12H,8H2;1-5,13H/b;9-5+;14-13+;. The van der Waals surface area contributed by atoms with E-state index in [2.05, 4.69) is 213 Å². The lowest BCUT2D eigenvalue weighted by Gasteiger charge is -2.21. The minimum atomic E-state index is -0.513. The zero-order valence-electron chi connectivity index (χ0n) is 47.5. The molecule has 3 heterocycles. The number of nitro benzene ring substituents is 1. The quantitative estimate of drug-likeness (QED) is 0.0564. The Morgan fingerprint density at radius 2 is 1.35 bits per heavy atom. The first-order valence-electron chi connectivity index (χ1n) is 26.8. The molecule has 7 aromatic carbocycles. The molecule has 1 fully saturated rings. The maximum absolute atomic E-state index is 10.9. The smallest absolute Gasteiger partial charge is 0.295 e. The number of nitro groups is 1. The van der Waals surface area contributed by atoms with Gasteiger partial charge in [-0.05, 0) is 114 Å². The summed E-state index contributed by atoms with van der Waals surface area (Å²) in [6, 6.07) is 52.0. The second-order valence-corrected chi connectivity index (χ2v) is 25.5. The fraction of sp³-hybridized carbons (Fsp3) is 0.235. The number of hydrogen-bond acceptors (Lipinski definition) is 7. The maximum Gasteiger partial charge on any atom is 0.295 e. The number of hydrogen-bond donors (Lipinski definition) is 1. The van der Waals surface area contributed by atoms with Crippen molar-refractivity contribution in [2.45, 2.75) is 71.8 Å². The van der Waals surface area contributed by atoms with Crippen molar-refractivity contribution in [1.82, 2.24) is 24.3 Å². The third kappa shape index (κ3) is 18.0. The normalized spacial score (nSPS) is 13.8. The minimum absolute atomic E-state index is 0.0686. The lowest BCUT2D eigenvalue weighted by molar-refractivity contribution is -0.384. The van der Waals surface area contributed by atoms with Crippen LogP contribution in [0, 0.1) is 33.9 Å². The molecule has 82 heavy (non-hydrogen) atoms. The first-order valence-corrected chi connectivity index (χ1v) is 29.8. The summed E-state index contributed by atoms with van der Waals surface area (Å²) in [5.74, 6) is 7.88. The predicted molar refractivity (Wildman–Crippen MR) is 350 cm³/mol. The summed E-state index contributed by atoms with van der Waals surface area (Å²) in [7, 11) is 4.34. The van der Waals surface area contributed by atoms with E-state index in [4.69, 9.17) is 41.4 Å². The number of imidazole rings is 1. The number of aromatic amines is 1. The number of rotatable bonds is 12. The van der Waals surface area contributed by atoms with E-state index in [0.29, 0.717) is 27.2 Å². The van der Waals surface area contributed by atoms with Crippen LogP contribution in [0.25, 0.3) is 43.3 Å². The molecule has 1 atom stereocenters. The molecule has 2 aromatic heterocycles. The Bertz CT molecular complexity index is 3740. The molecule has 1 saturated heterocycles. The number of thioether (sulfide) groups is 2. The molecule has 14 heteroatoms. The van der Waals surface area contributed by atoms with Crippen molar-refractivity contribution in [2.75, 3.05) is 26.4 Å². The van der Waals surface area contributed by atoms with Crippen molar-refractivity contribution in [3.63, 3.8) is 0 Å². The van der Waals surface area contributed by atoms with Gasteiger partial charge in [0.25, 0.3) is 11.5 Å². The first kappa shape index (κ1) is 62.6. The third-order valence-corrected chi connectivity index (χ3v) is 16.9. The lowest BCUT2D eigenvalue weighted by Crippen LogP contribution is -2.17. The first-order chi connectivity index (χ1) is 39.3. The summed E-state index contributed by atoms with van der Waals surface area (Å²) in [4.78, 5) is 25.5. The molecule has 0 amide bonds. The Labute approximate surface area is 507 Å². The summed E-state index contributed by atoms with van der Waals surface area (Å²) in [5.41, 5.74) is 7.78. The van der Waals surface area contributed by atoms with Crippen molar-refractivity contribution in [1.29, 1.82) is 0 Å². The molecule has 1 unspecified atom stereocenters. The van der Waals surface area contributed by atoms with Crippen LogP contribution >= 0.6 is 58.3 Å². The number of halogens is 3. The monoisotopic (exact) mass is 1180 g/mol. The van der Waals surface area contributed by atoms with Gasteiger partial charge < -0.3 is 9.83 Å². The molecule has 9 aromatic rings. The molecule has 0 aliphatic carbocycles. The molecule has 0 spiro atoms. The largest absolute Gasteiger partial charge is 0.366 e. The van der Waals surface area contributed by atoms with Gasteiger partial charge in [-0.1, -0.05) is 214 Å². The summed E-state index contributed by atoms with van der Waals surface area (Å²) < 4.78 is 2.79. The van der Waals surface area contributed by atoms with E-state index in [1.165, 1.54) is 49.9 Å². The minimum Gasteiger partial charge on any atom is -0.366 e. The van der Waals surface area contributed by atoms with Crippen LogP contribution in [0.3, 0.4) is 0 Å². The van der Waals surface area contributed by atoms with E-state index in [-0.39, 0.29) is 21.5 Å². The van der Waals surface area contributed by atoms with Crippen molar-refractivity contribution in [3.05, 3.63) is 264 Å². The van der Waals surface area contributed by atoms with Crippen molar-refractivity contribution in [2.24, 2.45) is 5.41 Å². The predicted octanol–water partition coefficient (Wildman–Crippen LogP) is 19.3. The Morgan fingerprint density at radius 1 is 0.756 bits per heavy atom. The number of para-hydroxylation sites is 1. The highest BCUT2D eigenvalue weighted by Crippen LogP contribution is 2.53. The van der Waals surface area contributed by atoms with Crippen molar-refractivity contribution < 1.29 is 4.92 Å². The van der Waals surface area contributed by atoms with E-state index in [0.717, 1.165) is 46.8 Å². The molecule has 0 saturated carbocycles. The number of aromatic nitrogens is 3. The van der Waals surface area contributed by atoms with E-state index < -0.39 is 4.92 Å². The molecule has 1 N–H and O–H groups in total. The Kier molecular flexibility index (Phi) is 22.7. The van der Waals surface area contributed by atoms with E-state index in [1.807, 2.05) is 24.3 Å². The van der Waals surface area contributed by atoms with Gasteiger partial charge in [-0.3, -0.25) is 24.5 Å². The zero-order valence-corrected chi connectivity index (χ0v) is 51.4. The van der Waals surface area contributed by atoms with E-state index in [1.54, 1.807) is 71.3 Å². The van der Waals surface area contributed by atoms with Crippen molar-refractivity contribution in [3.8, 4) is 23.0 Å². The van der Waals surface area contributed by atoms with Gasteiger partial charge in [-0.15, -0.1) is 23.5 Å². The summed E-state index contributed by atoms with van der Waals surface area (Å²) in [6.45, 7) is 24.3. The molecule has 10 rings (SSSR count). The molecule has 1 aliphatic rings. The highest BCUT2D eigenvalue weighted by atomic mass is 35.5. The SMILES string of the molecule is CN(C/C=C/C#CC(C)(C)C)Cc1cccc2ccccc12.CN(Cc1ccc(C(C)(C)C)cc1)Cc1cccc2ccccc12.O=[N+]([O-])c1c(Cl)cccc1-c1c[nH]cc1Cl.[C-]#[N+]/C(=C1/SCC(c2ccccc2Cl)S1)n1ccnc1. The van der Waals surface area contributed by atoms with Gasteiger partial charge in [0.1, 0.15) is 5.02 Å². The lowest BCUT2D eigenvalue weighted by atomic mass is 9.87. The number of likely N-dealkylation sites (N-methyl/N-ethyl adjacent to an activating group) is 1. The van der Waals surface area contributed by atoms with Crippen LogP contribution in [0.15, 0.2) is 199 Å². The Morgan fingerprint density at radius 3 is 1.93 bits per heavy atom. The maximum atomic E-state index is 10.9. The highest BCUT2D eigenvalue weighted by Gasteiger charge is 2.27. The average Bonchev–Trinajstić information content (AvgIpc) is 4.27. The highest BCUT2D eigenvalue weighted by molar-refractivity contribution is 8.25. The molecular weight excluding hydrogens is 1120 g/mol. The number of benzene rings is 7. The van der Waals surface area contributed by atoms with Gasteiger partial charge in [-0.2, -0.15) is 0 Å². The van der Waals surface area contributed by atoms with Crippen LogP contribution < -0.4 is 0 Å². The fourth-order valence-electron chi connectivity index (χ4n) is 8.95. The summed E-state index contributed by atoms with van der Waals surface area (Å²) in [5, 5.41) is 17.8. The number of nitrogens with zero attached hydrogens (tertiary/aromatic N) is 6. The fourth-order valence-corrected chi connectivity index (χ4v) is 12.7. The number of nitrogens with one attached hydrogen (secondary N) is 1. The van der Waals surface area contributed by atoms with E-state index in [9.17, 15) is 10.1 Å². The topological polar surface area (TPSA) is 87.6 Å². The van der Waals surface area contributed by atoms with E-state index >= 15 is 0 Å². The van der Waals surface area contributed by atoms with Crippen LogP contribution in [0.1, 0.15) is 74.6 Å². The molecular formula is C68H68Cl3N7O2S2. The number of fused-ring (bicyclic) bond motifs is 2. The van der Waals surface area contributed by atoms with Crippen LogP contribution in [0.5, 0.6) is 0 Å². The molecule has 0 bridgehead atoms. The second-order valence-electron chi connectivity index (χ2n) is 21.8.